The molecule has 0 spiro atoms. The molecule has 0 unspecified atom stereocenters. The summed E-state index contributed by atoms with van der Waals surface area (Å²) in [7, 11) is 1.59. The van der Waals surface area contributed by atoms with Crippen molar-refractivity contribution in [3.8, 4) is 17.6 Å². The van der Waals surface area contributed by atoms with Crippen molar-refractivity contribution in [3.05, 3.63) is 70.7 Å². The molecule has 2 aliphatic heterocycles. The van der Waals surface area contributed by atoms with Crippen LogP contribution in [0.15, 0.2) is 36.5 Å². The van der Waals surface area contributed by atoms with E-state index in [9.17, 15) is 28.2 Å². The van der Waals surface area contributed by atoms with Crippen molar-refractivity contribution in [1.29, 1.82) is 0 Å². The minimum absolute atomic E-state index is 0.0310. The van der Waals surface area contributed by atoms with Crippen molar-refractivity contribution in [1.82, 2.24) is 14.8 Å². The lowest BCUT2D eigenvalue weighted by Crippen LogP contribution is -2.41. The molecule has 2 N–H and O–H groups in total. The first-order chi connectivity index (χ1) is 21.7. The number of aliphatic hydroxyl groups is 1. The van der Waals surface area contributed by atoms with Crippen molar-refractivity contribution >= 4 is 16.9 Å². The molecule has 11 heteroatoms. The van der Waals surface area contributed by atoms with Gasteiger partial charge in [-0.25, -0.2) is 13.2 Å². The molecular weight excluding hydrogens is 587 g/mol. The Morgan fingerprint density at radius 2 is 1.80 bits per heavy atom. The molecule has 1 aromatic heterocycles. The molecule has 8 nitrogen and oxygen atoms in total. The molecule has 2 aliphatic rings. The fourth-order valence-corrected chi connectivity index (χ4v) is 6.39. The van der Waals surface area contributed by atoms with Gasteiger partial charge < -0.3 is 19.7 Å². The lowest BCUT2D eigenvalue weighted by molar-refractivity contribution is -0.141. The second kappa shape index (κ2) is 14.6. The number of carbonyl (C=O) groups is 1. The molecule has 3 heterocycles. The number of likely N-dealkylation sites (tertiary alicyclic amines) is 1. The summed E-state index contributed by atoms with van der Waals surface area (Å²) in [6, 6.07) is 6.78. The standard InChI is InChI=1S/C34H38F3N3O5/c1-44-25-4-5-30-27(19-25)33(23(21-38-30)22-40-13-15-45-16-14-40)31(41)6-7-34(20-32(42)43)8-11-39(12-9-34)10-2-3-26-28(36)17-24(35)18-29(26)37/h4-5,17-19,21,31,41H,6-16,20,22H2,1H3,(H,42,43)/t31-/m0/s1. The highest BCUT2D eigenvalue weighted by molar-refractivity contribution is 5.85. The van der Waals surface area contributed by atoms with Gasteiger partial charge >= 0.3 is 5.97 Å². The van der Waals surface area contributed by atoms with Crippen LogP contribution >= 0.6 is 0 Å². The van der Waals surface area contributed by atoms with E-state index in [1.807, 2.05) is 29.3 Å². The summed E-state index contributed by atoms with van der Waals surface area (Å²) in [6.07, 6.45) is 2.93. The number of fused-ring (bicyclic) bond motifs is 1. The first kappa shape index (κ1) is 32.7. The number of piperidine rings is 1. The monoisotopic (exact) mass is 625 g/mol. The van der Waals surface area contributed by atoms with Crippen LogP contribution in [0.1, 0.15) is 54.9 Å². The van der Waals surface area contributed by atoms with Gasteiger partial charge in [0.15, 0.2) is 0 Å². The molecule has 2 fully saturated rings. The van der Waals surface area contributed by atoms with Crippen LogP contribution < -0.4 is 4.74 Å². The first-order valence-corrected chi connectivity index (χ1v) is 15.2. The predicted octanol–water partition coefficient (Wildman–Crippen LogP) is 4.92. The number of carboxylic acids is 1. The summed E-state index contributed by atoms with van der Waals surface area (Å²) in [5, 5.41) is 22.4. The number of aliphatic carboxylic acids is 1. The second-order valence-electron chi connectivity index (χ2n) is 11.9. The SMILES string of the molecule is COc1ccc2ncc(CN3CCOCC3)c([C@@H](O)CCC3(CC(=O)O)CCN(CC#Cc4c(F)cc(F)cc4F)CC3)c2c1. The third kappa shape index (κ3) is 8.13. The van der Waals surface area contributed by atoms with Gasteiger partial charge in [0.05, 0.1) is 50.5 Å². The van der Waals surface area contributed by atoms with Crippen LogP contribution in [0, 0.1) is 34.7 Å². The summed E-state index contributed by atoms with van der Waals surface area (Å²) >= 11 is 0. The number of ether oxygens (including phenoxy) is 2. The Morgan fingerprint density at radius 1 is 1.09 bits per heavy atom. The smallest absolute Gasteiger partial charge is 0.303 e. The van der Waals surface area contributed by atoms with Gasteiger partial charge in [-0.05, 0) is 73.5 Å². The van der Waals surface area contributed by atoms with E-state index in [4.69, 9.17) is 9.47 Å². The number of hydrogen-bond acceptors (Lipinski definition) is 7. The summed E-state index contributed by atoms with van der Waals surface area (Å²) in [4.78, 5) is 20.9. The minimum Gasteiger partial charge on any atom is -0.497 e. The number of hydrogen-bond donors (Lipinski definition) is 2. The Balaban J connectivity index is 1.30. The number of benzene rings is 2. The number of carboxylic acid groups (broad SMARTS) is 1. The number of rotatable bonds is 10. The fraction of sp³-hybridized carbons (Fsp3) is 0.471. The zero-order valence-electron chi connectivity index (χ0n) is 25.3. The van der Waals surface area contributed by atoms with E-state index in [1.54, 1.807) is 7.11 Å². The zero-order chi connectivity index (χ0) is 32.0. The van der Waals surface area contributed by atoms with E-state index < -0.39 is 40.5 Å². The Labute approximate surface area is 260 Å². The average molecular weight is 626 g/mol. The van der Waals surface area contributed by atoms with Crippen molar-refractivity contribution < 1.29 is 37.7 Å². The van der Waals surface area contributed by atoms with E-state index in [1.165, 1.54) is 0 Å². The maximum absolute atomic E-state index is 13.9. The third-order valence-electron chi connectivity index (χ3n) is 8.94. The Bertz CT molecular complexity index is 1550. The van der Waals surface area contributed by atoms with Gasteiger partial charge in [-0.3, -0.25) is 19.6 Å². The Hall–Kier alpha value is -3.69. The number of halogens is 3. The maximum atomic E-state index is 13.9. The molecule has 2 aromatic carbocycles. The van der Waals surface area contributed by atoms with E-state index in [-0.39, 0.29) is 13.0 Å². The van der Waals surface area contributed by atoms with Crippen LogP contribution in [0.25, 0.3) is 10.9 Å². The topological polar surface area (TPSA) is 95.4 Å². The zero-order valence-corrected chi connectivity index (χ0v) is 25.3. The number of aliphatic hydroxyl groups excluding tert-OH is 1. The maximum Gasteiger partial charge on any atom is 0.303 e. The largest absolute Gasteiger partial charge is 0.497 e. The molecule has 5 rings (SSSR count). The molecule has 45 heavy (non-hydrogen) atoms. The third-order valence-corrected chi connectivity index (χ3v) is 8.94. The molecule has 0 radical (unpaired) electrons. The van der Waals surface area contributed by atoms with Crippen LogP contribution in [-0.4, -0.2) is 84.0 Å². The van der Waals surface area contributed by atoms with Gasteiger partial charge in [-0.2, -0.15) is 0 Å². The number of morpholine rings is 1. The molecule has 1 atom stereocenters. The number of aromatic nitrogens is 1. The van der Waals surface area contributed by atoms with E-state index in [0.29, 0.717) is 76.4 Å². The Morgan fingerprint density at radius 3 is 2.47 bits per heavy atom. The quantitative estimate of drug-likeness (QED) is 0.307. The van der Waals surface area contributed by atoms with Gasteiger partial charge in [0, 0.05) is 43.4 Å². The number of nitrogens with zero attached hydrogens (tertiary/aromatic N) is 3. The van der Waals surface area contributed by atoms with E-state index >= 15 is 0 Å². The highest BCUT2D eigenvalue weighted by Crippen LogP contribution is 2.42. The van der Waals surface area contributed by atoms with E-state index in [2.05, 4.69) is 21.7 Å². The molecular formula is C34H38F3N3O5. The second-order valence-corrected chi connectivity index (χ2v) is 11.9. The van der Waals surface area contributed by atoms with Crippen LogP contribution in [-0.2, 0) is 16.1 Å². The van der Waals surface area contributed by atoms with Gasteiger partial charge in [0.2, 0.25) is 0 Å². The molecule has 0 saturated carbocycles. The number of methoxy groups -OCH3 is 1. The summed E-state index contributed by atoms with van der Waals surface area (Å²) in [5.41, 5.74) is 1.43. The van der Waals surface area contributed by atoms with Crippen molar-refractivity contribution in [2.75, 3.05) is 53.0 Å². The van der Waals surface area contributed by atoms with Crippen LogP contribution in [0.2, 0.25) is 0 Å². The predicted molar refractivity (Wildman–Crippen MR) is 162 cm³/mol. The van der Waals surface area contributed by atoms with Crippen molar-refractivity contribution in [2.45, 2.75) is 44.8 Å². The molecule has 3 aromatic rings. The Kier molecular flexibility index (Phi) is 10.6. The molecule has 240 valence electrons. The van der Waals surface area contributed by atoms with Crippen LogP contribution in [0.3, 0.4) is 0 Å². The molecule has 0 bridgehead atoms. The fourth-order valence-electron chi connectivity index (χ4n) is 6.39. The van der Waals surface area contributed by atoms with Gasteiger partial charge in [0.25, 0.3) is 0 Å². The van der Waals surface area contributed by atoms with Crippen molar-refractivity contribution in [2.24, 2.45) is 5.41 Å². The van der Waals surface area contributed by atoms with Gasteiger partial charge in [-0.15, -0.1) is 0 Å². The average Bonchev–Trinajstić information content (AvgIpc) is 3.02. The highest BCUT2D eigenvalue weighted by atomic mass is 19.1. The number of pyridine rings is 1. The summed E-state index contributed by atoms with van der Waals surface area (Å²) in [5.74, 6) is 1.89. The summed E-state index contributed by atoms with van der Waals surface area (Å²) in [6.45, 7) is 4.79. The summed E-state index contributed by atoms with van der Waals surface area (Å²) < 4.78 is 52.1. The van der Waals surface area contributed by atoms with E-state index in [0.717, 1.165) is 35.1 Å². The van der Waals surface area contributed by atoms with Crippen molar-refractivity contribution in [3.63, 3.8) is 0 Å². The molecule has 0 aliphatic carbocycles. The molecule has 0 amide bonds. The first-order valence-electron chi connectivity index (χ1n) is 15.2. The molecule has 2 saturated heterocycles. The van der Waals surface area contributed by atoms with Crippen LogP contribution in [0.5, 0.6) is 5.75 Å². The van der Waals surface area contributed by atoms with Gasteiger partial charge in [-0.1, -0.05) is 11.8 Å². The van der Waals surface area contributed by atoms with Gasteiger partial charge in [0.1, 0.15) is 23.2 Å². The lowest BCUT2D eigenvalue weighted by Gasteiger charge is -2.41. The minimum atomic E-state index is -1.05. The van der Waals surface area contributed by atoms with Crippen LogP contribution in [0.4, 0.5) is 13.2 Å². The highest BCUT2D eigenvalue weighted by Gasteiger charge is 2.37. The normalized spacial score (nSPS) is 17.9. The lowest BCUT2D eigenvalue weighted by atomic mass is 9.71.